The van der Waals surface area contributed by atoms with Crippen molar-refractivity contribution in [3.05, 3.63) is 53.6 Å². The average Bonchev–Trinajstić information content (AvgIpc) is 2.68. The topological polar surface area (TPSA) is 104 Å². The Morgan fingerprint density at radius 2 is 1.70 bits per heavy atom. The Kier molecular flexibility index (Phi) is 7.32. The molecule has 2 amide bonds. The van der Waals surface area contributed by atoms with Crippen LogP contribution in [0, 0.1) is 0 Å². The summed E-state index contributed by atoms with van der Waals surface area (Å²) in [7, 11) is -3.59. The third-order valence-electron chi connectivity index (χ3n) is 4.12. The molecule has 0 saturated carbocycles. The smallest absolute Gasteiger partial charge is 0.257 e. The van der Waals surface area contributed by atoms with E-state index in [-0.39, 0.29) is 17.2 Å². The monoisotopic (exact) mass is 465 g/mol. The number of sulfonamides is 1. The van der Waals surface area contributed by atoms with E-state index >= 15 is 0 Å². The second-order valence-corrected chi connectivity index (χ2v) is 11.3. The standard InChI is InChI=1S/C20H23N3O4S3/c1-13(24)21-16-7-8-18(23-30(2,26)27)17(12-16)19(25)22-15-6-3-5-14(11-15)20-28-9-4-10-29-20/h3,5-8,11-12,20,23H,4,9-10H2,1-2H3,(H,21,24)(H,22,25). The van der Waals surface area contributed by atoms with Crippen LogP contribution in [0.2, 0.25) is 0 Å². The summed E-state index contributed by atoms with van der Waals surface area (Å²) in [6, 6.07) is 12.1. The van der Waals surface area contributed by atoms with Crippen LogP contribution >= 0.6 is 23.5 Å². The van der Waals surface area contributed by atoms with Crippen molar-refractivity contribution >= 4 is 62.4 Å². The molecule has 0 atom stereocenters. The van der Waals surface area contributed by atoms with Gasteiger partial charge in [-0.25, -0.2) is 8.42 Å². The Balaban J connectivity index is 1.86. The minimum absolute atomic E-state index is 0.110. The molecule has 0 unspecified atom stereocenters. The van der Waals surface area contributed by atoms with E-state index in [1.165, 1.54) is 31.5 Å². The quantitative estimate of drug-likeness (QED) is 0.592. The molecule has 1 aliphatic heterocycles. The molecule has 1 heterocycles. The van der Waals surface area contributed by atoms with E-state index in [2.05, 4.69) is 15.4 Å². The Labute approximate surface area is 184 Å². The van der Waals surface area contributed by atoms with Crippen molar-refractivity contribution in [2.75, 3.05) is 33.1 Å². The maximum atomic E-state index is 13.0. The first-order valence-corrected chi connectivity index (χ1v) is 13.2. The zero-order valence-corrected chi connectivity index (χ0v) is 19.0. The summed E-state index contributed by atoms with van der Waals surface area (Å²) in [5.41, 5.74) is 2.40. The van der Waals surface area contributed by atoms with Crippen molar-refractivity contribution in [3.8, 4) is 0 Å². The van der Waals surface area contributed by atoms with Crippen LogP contribution in [0.5, 0.6) is 0 Å². The number of nitrogens with one attached hydrogen (secondary N) is 3. The molecule has 2 aromatic carbocycles. The first-order chi connectivity index (χ1) is 14.2. The number of benzene rings is 2. The van der Waals surface area contributed by atoms with Crippen LogP contribution in [-0.4, -0.2) is 38.0 Å². The van der Waals surface area contributed by atoms with Gasteiger partial charge in [-0.1, -0.05) is 12.1 Å². The molecule has 3 N–H and O–H groups in total. The van der Waals surface area contributed by atoms with Crippen LogP contribution in [0.1, 0.15) is 33.8 Å². The zero-order valence-electron chi connectivity index (χ0n) is 16.6. The fourth-order valence-electron chi connectivity index (χ4n) is 2.94. The van der Waals surface area contributed by atoms with E-state index in [1.807, 2.05) is 41.7 Å². The molecule has 0 bridgehead atoms. The maximum Gasteiger partial charge on any atom is 0.257 e. The number of rotatable bonds is 6. The van der Waals surface area contributed by atoms with Crippen LogP contribution < -0.4 is 15.4 Å². The van der Waals surface area contributed by atoms with Gasteiger partial charge in [-0.05, 0) is 53.8 Å². The minimum Gasteiger partial charge on any atom is -0.326 e. The molecule has 30 heavy (non-hydrogen) atoms. The predicted molar refractivity (Wildman–Crippen MR) is 126 cm³/mol. The highest BCUT2D eigenvalue weighted by atomic mass is 32.2. The summed E-state index contributed by atoms with van der Waals surface area (Å²) < 4.78 is 26.1. The molecule has 2 aromatic rings. The first kappa shape index (κ1) is 22.5. The van der Waals surface area contributed by atoms with Crippen molar-refractivity contribution in [1.29, 1.82) is 0 Å². The fourth-order valence-corrected chi connectivity index (χ4v) is 6.39. The molecule has 10 heteroatoms. The summed E-state index contributed by atoms with van der Waals surface area (Å²) in [6.45, 7) is 1.36. The van der Waals surface area contributed by atoms with E-state index in [0.29, 0.717) is 16.0 Å². The molecule has 0 spiro atoms. The first-order valence-electron chi connectivity index (χ1n) is 9.25. The Hall–Kier alpha value is -2.17. The second kappa shape index (κ2) is 9.76. The molecule has 0 aliphatic carbocycles. The molecule has 1 aliphatic rings. The van der Waals surface area contributed by atoms with Crippen LogP contribution in [0.25, 0.3) is 0 Å². The van der Waals surface area contributed by atoms with Crippen molar-refractivity contribution in [2.24, 2.45) is 0 Å². The van der Waals surface area contributed by atoms with Crippen molar-refractivity contribution in [1.82, 2.24) is 0 Å². The summed E-state index contributed by atoms with van der Waals surface area (Å²) in [4.78, 5) is 24.3. The van der Waals surface area contributed by atoms with Gasteiger partial charge in [0.15, 0.2) is 0 Å². The highest BCUT2D eigenvalue weighted by Crippen LogP contribution is 2.44. The summed E-state index contributed by atoms with van der Waals surface area (Å²) in [6.07, 6.45) is 2.21. The number of carbonyl (C=O) groups is 2. The van der Waals surface area contributed by atoms with Gasteiger partial charge < -0.3 is 10.6 Å². The second-order valence-electron chi connectivity index (χ2n) is 6.82. The number of hydrogen-bond acceptors (Lipinski definition) is 6. The Morgan fingerprint density at radius 3 is 2.37 bits per heavy atom. The number of carbonyl (C=O) groups excluding carboxylic acids is 2. The van der Waals surface area contributed by atoms with Gasteiger partial charge in [0.05, 0.1) is 22.1 Å². The third kappa shape index (κ3) is 6.41. The van der Waals surface area contributed by atoms with Crippen LogP contribution in [0.15, 0.2) is 42.5 Å². The van der Waals surface area contributed by atoms with E-state index in [0.717, 1.165) is 23.3 Å². The normalized spacial score (nSPS) is 14.7. The molecule has 7 nitrogen and oxygen atoms in total. The SMILES string of the molecule is CC(=O)Nc1ccc(NS(C)(=O)=O)c(C(=O)Nc2cccc(C3SCCCS3)c2)c1. The molecule has 1 saturated heterocycles. The summed E-state index contributed by atoms with van der Waals surface area (Å²) in [5.74, 6) is 1.46. The summed E-state index contributed by atoms with van der Waals surface area (Å²) in [5, 5.41) is 5.44. The van der Waals surface area contributed by atoms with E-state index in [4.69, 9.17) is 0 Å². The average molecular weight is 466 g/mol. The Morgan fingerprint density at radius 1 is 1.00 bits per heavy atom. The lowest BCUT2D eigenvalue weighted by molar-refractivity contribution is -0.114. The van der Waals surface area contributed by atoms with Crippen molar-refractivity contribution in [3.63, 3.8) is 0 Å². The van der Waals surface area contributed by atoms with Crippen molar-refractivity contribution < 1.29 is 18.0 Å². The largest absolute Gasteiger partial charge is 0.326 e. The van der Waals surface area contributed by atoms with Gasteiger partial charge in [0.25, 0.3) is 5.91 Å². The van der Waals surface area contributed by atoms with Gasteiger partial charge in [-0.2, -0.15) is 0 Å². The molecular formula is C20H23N3O4S3. The number of hydrogen-bond donors (Lipinski definition) is 3. The Bertz CT molecular complexity index is 1050. The molecule has 0 aromatic heterocycles. The molecule has 0 radical (unpaired) electrons. The lowest BCUT2D eigenvalue weighted by Crippen LogP contribution is -2.18. The van der Waals surface area contributed by atoms with Gasteiger partial charge in [-0.3, -0.25) is 14.3 Å². The van der Waals surface area contributed by atoms with Gasteiger partial charge in [-0.15, -0.1) is 23.5 Å². The summed E-state index contributed by atoms with van der Waals surface area (Å²) >= 11 is 3.78. The van der Waals surface area contributed by atoms with E-state index < -0.39 is 15.9 Å². The van der Waals surface area contributed by atoms with Crippen LogP contribution in [0.4, 0.5) is 17.1 Å². The van der Waals surface area contributed by atoms with Crippen LogP contribution in [0.3, 0.4) is 0 Å². The van der Waals surface area contributed by atoms with Gasteiger partial charge >= 0.3 is 0 Å². The third-order valence-corrected chi connectivity index (χ3v) is 7.73. The fraction of sp³-hybridized carbons (Fsp3) is 0.300. The van der Waals surface area contributed by atoms with Gasteiger partial charge in [0, 0.05) is 18.3 Å². The van der Waals surface area contributed by atoms with E-state index in [9.17, 15) is 18.0 Å². The predicted octanol–water partition coefficient (Wildman–Crippen LogP) is 4.14. The number of thioether (sulfide) groups is 2. The molecule has 1 fully saturated rings. The van der Waals surface area contributed by atoms with Gasteiger partial charge in [0.1, 0.15) is 0 Å². The van der Waals surface area contributed by atoms with Crippen molar-refractivity contribution in [2.45, 2.75) is 17.9 Å². The minimum atomic E-state index is -3.59. The lowest BCUT2D eigenvalue weighted by atomic mass is 10.1. The molecule has 3 rings (SSSR count). The maximum absolute atomic E-state index is 13.0. The van der Waals surface area contributed by atoms with Crippen LogP contribution in [-0.2, 0) is 14.8 Å². The number of anilines is 3. The lowest BCUT2D eigenvalue weighted by Gasteiger charge is -2.21. The van der Waals surface area contributed by atoms with E-state index in [1.54, 1.807) is 6.07 Å². The van der Waals surface area contributed by atoms with Gasteiger partial charge in [0.2, 0.25) is 15.9 Å². The highest BCUT2D eigenvalue weighted by Gasteiger charge is 2.19. The highest BCUT2D eigenvalue weighted by molar-refractivity contribution is 8.16. The number of amides is 2. The molecule has 160 valence electrons. The zero-order chi connectivity index (χ0) is 21.7. The molecular weight excluding hydrogens is 442 g/mol.